The van der Waals surface area contributed by atoms with Crippen molar-refractivity contribution in [3.05, 3.63) is 60.2 Å². The van der Waals surface area contributed by atoms with Gasteiger partial charge in [-0.15, -0.1) is 0 Å². The van der Waals surface area contributed by atoms with E-state index in [1.165, 1.54) is 14.0 Å². The van der Waals surface area contributed by atoms with Crippen LogP contribution in [0, 0.1) is 0 Å². The van der Waals surface area contributed by atoms with E-state index >= 15 is 0 Å². The topological polar surface area (TPSA) is 48.3 Å². The Morgan fingerprint density at radius 1 is 1.00 bits per heavy atom. The third-order valence-electron chi connectivity index (χ3n) is 3.64. The second-order valence-corrected chi connectivity index (χ2v) is 4.98. The molecule has 0 saturated carbocycles. The smallest absolute Gasteiger partial charge is 0.338 e. The first-order chi connectivity index (χ1) is 10.6. The monoisotopic (exact) mass is 293 g/mol. The number of methoxy groups -OCH3 is 1. The third kappa shape index (κ3) is 2.19. The molecule has 0 fully saturated rings. The summed E-state index contributed by atoms with van der Waals surface area (Å²) in [5.41, 5.74) is 2.84. The van der Waals surface area contributed by atoms with Gasteiger partial charge in [0.05, 0.1) is 23.9 Å². The van der Waals surface area contributed by atoms with E-state index in [0.29, 0.717) is 16.5 Å². The van der Waals surface area contributed by atoms with E-state index in [9.17, 15) is 9.59 Å². The zero-order chi connectivity index (χ0) is 15.7. The van der Waals surface area contributed by atoms with Crippen LogP contribution in [-0.4, -0.2) is 23.6 Å². The maximum Gasteiger partial charge on any atom is 0.338 e. The lowest BCUT2D eigenvalue weighted by molar-refractivity contribution is 0.0602. The maximum atomic E-state index is 12.1. The molecule has 0 saturated heterocycles. The number of nitrogens with zero attached hydrogens (tertiary/aromatic N) is 1. The number of hydrogen-bond acceptors (Lipinski definition) is 3. The number of ether oxygens (including phenoxy) is 1. The van der Waals surface area contributed by atoms with E-state index < -0.39 is 5.97 Å². The van der Waals surface area contributed by atoms with Gasteiger partial charge in [0.2, 0.25) is 5.91 Å². The van der Waals surface area contributed by atoms with Gasteiger partial charge in [-0.3, -0.25) is 9.36 Å². The largest absolute Gasteiger partial charge is 0.465 e. The van der Waals surface area contributed by atoms with E-state index in [-0.39, 0.29) is 5.91 Å². The highest BCUT2D eigenvalue weighted by Crippen LogP contribution is 2.30. The summed E-state index contributed by atoms with van der Waals surface area (Å²) in [4.78, 5) is 24.1. The first kappa shape index (κ1) is 14.1. The predicted octanol–water partition coefficient (Wildman–Crippen LogP) is 3.76. The van der Waals surface area contributed by atoms with Crippen LogP contribution in [0.1, 0.15) is 22.1 Å². The number of benzene rings is 2. The quantitative estimate of drug-likeness (QED) is 0.676. The number of esters is 1. The molecule has 110 valence electrons. The standard InChI is InChI=1S/C18H15NO3/c1-12(20)19-16-10-6-9-14(18(21)22-2)15(16)11-17(19)13-7-4-3-5-8-13/h3-11H,1-2H3. The fourth-order valence-corrected chi connectivity index (χ4v) is 2.68. The van der Waals surface area contributed by atoms with Gasteiger partial charge in [0.1, 0.15) is 0 Å². The molecule has 0 atom stereocenters. The Bertz CT molecular complexity index is 863. The molecule has 0 aliphatic heterocycles. The lowest BCUT2D eigenvalue weighted by Gasteiger charge is -2.07. The predicted molar refractivity (Wildman–Crippen MR) is 85.0 cm³/mol. The van der Waals surface area contributed by atoms with Gasteiger partial charge >= 0.3 is 5.97 Å². The van der Waals surface area contributed by atoms with Crippen LogP contribution in [0.15, 0.2) is 54.6 Å². The molecule has 0 radical (unpaired) electrons. The zero-order valence-electron chi connectivity index (χ0n) is 12.4. The summed E-state index contributed by atoms with van der Waals surface area (Å²) in [5.74, 6) is -0.512. The molecule has 4 nitrogen and oxygen atoms in total. The van der Waals surface area contributed by atoms with Crippen molar-refractivity contribution in [2.24, 2.45) is 0 Å². The minimum atomic E-state index is -0.411. The maximum absolute atomic E-state index is 12.1. The van der Waals surface area contributed by atoms with E-state index in [2.05, 4.69) is 0 Å². The number of aromatic nitrogens is 1. The molecule has 0 bridgehead atoms. The SMILES string of the molecule is COC(=O)c1cccc2c1cc(-c1ccccc1)n2C(C)=O. The number of carbonyl (C=O) groups is 2. The Kier molecular flexibility index (Phi) is 3.51. The van der Waals surface area contributed by atoms with Crippen LogP contribution >= 0.6 is 0 Å². The number of rotatable bonds is 2. The Hall–Kier alpha value is -2.88. The molecule has 1 heterocycles. The summed E-state index contributed by atoms with van der Waals surface area (Å²) in [7, 11) is 1.35. The van der Waals surface area contributed by atoms with Gasteiger partial charge in [-0.1, -0.05) is 36.4 Å². The summed E-state index contributed by atoms with van der Waals surface area (Å²) >= 11 is 0. The Labute approximate surface area is 127 Å². The molecular formula is C18H15NO3. The minimum absolute atomic E-state index is 0.101. The van der Waals surface area contributed by atoms with Crippen LogP contribution < -0.4 is 0 Å². The van der Waals surface area contributed by atoms with Crippen molar-refractivity contribution in [3.8, 4) is 11.3 Å². The summed E-state index contributed by atoms with van der Waals surface area (Å²) in [6.45, 7) is 1.51. The summed E-state index contributed by atoms with van der Waals surface area (Å²) < 4.78 is 6.45. The summed E-state index contributed by atoms with van der Waals surface area (Å²) in [6, 6.07) is 16.8. The molecule has 0 aliphatic rings. The van der Waals surface area contributed by atoms with Crippen molar-refractivity contribution in [2.75, 3.05) is 7.11 Å². The van der Waals surface area contributed by atoms with Gasteiger partial charge in [0.25, 0.3) is 0 Å². The minimum Gasteiger partial charge on any atom is -0.465 e. The molecule has 0 spiro atoms. The molecule has 22 heavy (non-hydrogen) atoms. The van der Waals surface area contributed by atoms with E-state index in [1.807, 2.05) is 42.5 Å². The molecule has 2 aromatic carbocycles. The second kappa shape index (κ2) is 5.48. The van der Waals surface area contributed by atoms with E-state index in [1.54, 1.807) is 16.7 Å². The van der Waals surface area contributed by atoms with E-state index in [0.717, 1.165) is 11.3 Å². The average molecular weight is 293 g/mol. The van der Waals surface area contributed by atoms with Crippen LogP contribution in [0.25, 0.3) is 22.2 Å². The highest BCUT2D eigenvalue weighted by atomic mass is 16.5. The molecule has 0 unspecified atom stereocenters. The first-order valence-electron chi connectivity index (χ1n) is 6.92. The lowest BCUT2D eigenvalue weighted by atomic mass is 10.1. The Morgan fingerprint density at radius 3 is 2.36 bits per heavy atom. The number of hydrogen-bond donors (Lipinski definition) is 0. The van der Waals surface area contributed by atoms with Gasteiger partial charge in [0.15, 0.2) is 0 Å². The molecule has 1 aromatic heterocycles. The average Bonchev–Trinajstić information content (AvgIpc) is 2.94. The molecule has 3 aromatic rings. The number of carbonyl (C=O) groups excluding carboxylic acids is 2. The first-order valence-corrected chi connectivity index (χ1v) is 6.92. The second-order valence-electron chi connectivity index (χ2n) is 4.98. The van der Waals surface area contributed by atoms with Crippen molar-refractivity contribution < 1.29 is 14.3 Å². The molecule has 0 N–H and O–H groups in total. The van der Waals surface area contributed by atoms with Gasteiger partial charge < -0.3 is 4.74 Å². The fraction of sp³-hybridized carbons (Fsp3) is 0.111. The fourth-order valence-electron chi connectivity index (χ4n) is 2.68. The molecule has 4 heteroatoms. The Morgan fingerprint density at radius 2 is 1.73 bits per heavy atom. The molecular weight excluding hydrogens is 278 g/mol. The normalized spacial score (nSPS) is 10.6. The van der Waals surface area contributed by atoms with Crippen LogP contribution in [0.5, 0.6) is 0 Å². The van der Waals surface area contributed by atoms with Gasteiger partial charge in [-0.05, 0) is 23.8 Å². The summed E-state index contributed by atoms with van der Waals surface area (Å²) in [6.07, 6.45) is 0. The molecule has 0 amide bonds. The highest BCUT2D eigenvalue weighted by molar-refractivity contribution is 6.08. The Balaban J connectivity index is 2.36. The van der Waals surface area contributed by atoms with Crippen molar-refractivity contribution in [1.82, 2.24) is 4.57 Å². The van der Waals surface area contributed by atoms with Crippen molar-refractivity contribution >= 4 is 22.8 Å². The summed E-state index contributed by atoms with van der Waals surface area (Å²) in [5, 5.41) is 0.711. The van der Waals surface area contributed by atoms with Crippen LogP contribution in [0.3, 0.4) is 0 Å². The van der Waals surface area contributed by atoms with Crippen molar-refractivity contribution in [3.63, 3.8) is 0 Å². The van der Waals surface area contributed by atoms with Gasteiger partial charge in [0, 0.05) is 12.3 Å². The van der Waals surface area contributed by atoms with E-state index in [4.69, 9.17) is 4.74 Å². The zero-order valence-corrected chi connectivity index (χ0v) is 12.4. The van der Waals surface area contributed by atoms with Crippen LogP contribution in [0.4, 0.5) is 0 Å². The molecule has 0 aliphatic carbocycles. The highest BCUT2D eigenvalue weighted by Gasteiger charge is 2.18. The lowest BCUT2D eigenvalue weighted by Crippen LogP contribution is -2.07. The third-order valence-corrected chi connectivity index (χ3v) is 3.64. The van der Waals surface area contributed by atoms with Gasteiger partial charge in [-0.2, -0.15) is 0 Å². The van der Waals surface area contributed by atoms with Crippen molar-refractivity contribution in [1.29, 1.82) is 0 Å². The van der Waals surface area contributed by atoms with Crippen molar-refractivity contribution in [2.45, 2.75) is 6.92 Å². The number of fused-ring (bicyclic) bond motifs is 1. The molecule has 3 rings (SSSR count). The van der Waals surface area contributed by atoms with Crippen LogP contribution in [-0.2, 0) is 4.74 Å². The van der Waals surface area contributed by atoms with Gasteiger partial charge in [-0.25, -0.2) is 4.79 Å². The van der Waals surface area contributed by atoms with Crippen LogP contribution in [0.2, 0.25) is 0 Å².